The Morgan fingerprint density at radius 1 is 1.28 bits per heavy atom. The lowest BCUT2D eigenvalue weighted by Crippen LogP contribution is -2.39. The van der Waals surface area contributed by atoms with Gasteiger partial charge in [0.2, 0.25) is 5.88 Å². The summed E-state index contributed by atoms with van der Waals surface area (Å²) in [6.07, 6.45) is 3.09. The van der Waals surface area contributed by atoms with Crippen LogP contribution in [0.15, 0.2) is 67.3 Å². The maximum Gasteiger partial charge on any atom is 0.227 e. The van der Waals surface area contributed by atoms with Crippen LogP contribution < -0.4 is 4.74 Å². The molecule has 1 aromatic heterocycles. The van der Waals surface area contributed by atoms with Gasteiger partial charge in [-0.15, -0.1) is 6.58 Å². The number of para-hydroxylation sites is 1. The van der Waals surface area contributed by atoms with Gasteiger partial charge in [0.25, 0.3) is 0 Å². The van der Waals surface area contributed by atoms with E-state index in [9.17, 15) is 9.50 Å². The Hall–Kier alpha value is -3.04. The summed E-state index contributed by atoms with van der Waals surface area (Å²) in [6, 6.07) is 15.8. The molecule has 0 aliphatic carbocycles. The molecule has 2 atom stereocenters. The minimum absolute atomic E-state index is 0.100. The number of hydrogen-bond acceptors (Lipinski definition) is 6. The zero-order chi connectivity index (χ0) is 25.3. The molecular weight excluding hydrogens is 461 g/mol. The third kappa shape index (κ3) is 7.01. The molecular formula is C28H34FN3O4. The summed E-state index contributed by atoms with van der Waals surface area (Å²) < 4.78 is 33.3. The lowest BCUT2D eigenvalue weighted by molar-refractivity contribution is 0.00836. The number of aromatic nitrogens is 2. The lowest BCUT2D eigenvalue weighted by Gasteiger charge is -2.27. The Morgan fingerprint density at radius 3 is 2.83 bits per heavy atom. The molecule has 0 saturated carbocycles. The minimum atomic E-state index is -0.677. The SMILES string of the molecule is C=CCOC[C@H](O)CN(Cc1c(C)nn(-c2ccccc2)c1Oc1cccc(F)c1)C[C@H]1CCCO1. The molecule has 8 heteroatoms. The van der Waals surface area contributed by atoms with E-state index in [1.54, 1.807) is 22.9 Å². The van der Waals surface area contributed by atoms with Gasteiger partial charge >= 0.3 is 0 Å². The van der Waals surface area contributed by atoms with Crippen LogP contribution in [0.25, 0.3) is 5.69 Å². The molecule has 192 valence electrons. The van der Waals surface area contributed by atoms with Crippen molar-refractivity contribution in [3.63, 3.8) is 0 Å². The van der Waals surface area contributed by atoms with Gasteiger partial charge in [-0.25, -0.2) is 9.07 Å². The topological polar surface area (TPSA) is 69.0 Å². The molecule has 1 fully saturated rings. The van der Waals surface area contributed by atoms with Crippen LogP contribution in [-0.2, 0) is 16.0 Å². The van der Waals surface area contributed by atoms with E-state index in [1.807, 2.05) is 37.3 Å². The van der Waals surface area contributed by atoms with Crippen molar-refractivity contribution in [3.05, 3.63) is 84.3 Å². The number of aliphatic hydroxyl groups is 1. The van der Waals surface area contributed by atoms with E-state index in [1.165, 1.54) is 12.1 Å². The summed E-state index contributed by atoms with van der Waals surface area (Å²) in [4.78, 5) is 2.15. The van der Waals surface area contributed by atoms with E-state index in [0.717, 1.165) is 36.4 Å². The quantitative estimate of drug-likeness (QED) is 0.275. The maximum atomic E-state index is 13.9. The molecule has 7 nitrogen and oxygen atoms in total. The Bertz CT molecular complexity index is 1120. The Morgan fingerprint density at radius 2 is 2.11 bits per heavy atom. The molecule has 2 aromatic carbocycles. The zero-order valence-corrected chi connectivity index (χ0v) is 20.7. The molecule has 1 saturated heterocycles. The summed E-state index contributed by atoms with van der Waals surface area (Å²) >= 11 is 0. The van der Waals surface area contributed by atoms with Crippen LogP contribution in [0.4, 0.5) is 4.39 Å². The first-order valence-corrected chi connectivity index (χ1v) is 12.3. The highest BCUT2D eigenvalue weighted by Crippen LogP contribution is 2.32. The summed E-state index contributed by atoms with van der Waals surface area (Å²) in [5, 5.41) is 15.4. The Balaban J connectivity index is 1.64. The fourth-order valence-corrected chi connectivity index (χ4v) is 4.35. The summed E-state index contributed by atoms with van der Waals surface area (Å²) in [5.41, 5.74) is 2.49. The predicted molar refractivity (Wildman–Crippen MR) is 136 cm³/mol. The first kappa shape index (κ1) is 26.0. The second-order valence-electron chi connectivity index (χ2n) is 8.98. The molecule has 0 radical (unpaired) electrons. The van der Waals surface area contributed by atoms with E-state index in [4.69, 9.17) is 19.3 Å². The Labute approximate surface area is 211 Å². The number of rotatable bonds is 13. The smallest absolute Gasteiger partial charge is 0.227 e. The van der Waals surface area contributed by atoms with Gasteiger partial charge in [0.15, 0.2) is 0 Å². The van der Waals surface area contributed by atoms with Crippen LogP contribution in [0.3, 0.4) is 0 Å². The molecule has 1 aliphatic rings. The van der Waals surface area contributed by atoms with Gasteiger partial charge in [0.05, 0.1) is 42.4 Å². The molecule has 1 aliphatic heterocycles. The molecule has 2 heterocycles. The van der Waals surface area contributed by atoms with E-state index in [0.29, 0.717) is 37.9 Å². The number of aliphatic hydroxyl groups excluding tert-OH is 1. The first-order valence-electron chi connectivity index (χ1n) is 12.3. The number of aryl methyl sites for hydroxylation is 1. The third-order valence-electron chi connectivity index (χ3n) is 6.03. The number of hydrogen-bond donors (Lipinski definition) is 1. The summed E-state index contributed by atoms with van der Waals surface area (Å²) in [5.74, 6) is 0.523. The molecule has 0 amide bonds. The molecule has 36 heavy (non-hydrogen) atoms. The van der Waals surface area contributed by atoms with Gasteiger partial charge in [-0.2, -0.15) is 5.10 Å². The maximum absolute atomic E-state index is 13.9. The number of ether oxygens (including phenoxy) is 3. The summed E-state index contributed by atoms with van der Waals surface area (Å²) in [6.45, 7) is 8.46. The lowest BCUT2D eigenvalue weighted by atomic mass is 10.1. The van der Waals surface area contributed by atoms with Crippen LogP contribution in [0.2, 0.25) is 0 Å². The molecule has 0 spiro atoms. The molecule has 3 aromatic rings. The van der Waals surface area contributed by atoms with Crippen molar-refractivity contribution in [1.82, 2.24) is 14.7 Å². The number of halogens is 1. The number of benzene rings is 2. The zero-order valence-electron chi connectivity index (χ0n) is 20.7. The average molecular weight is 496 g/mol. The largest absolute Gasteiger partial charge is 0.438 e. The fourth-order valence-electron chi connectivity index (χ4n) is 4.35. The van der Waals surface area contributed by atoms with Crippen LogP contribution in [-0.4, -0.2) is 64.9 Å². The van der Waals surface area contributed by atoms with Gasteiger partial charge in [0.1, 0.15) is 11.6 Å². The highest BCUT2D eigenvalue weighted by Gasteiger charge is 2.26. The predicted octanol–water partition coefficient (Wildman–Crippen LogP) is 4.66. The Kier molecular flexibility index (Phi) is 9.24. The standard InChI is InChI=1S/C28H34FN3O4/c1-3-14-34-20-24(33)17-31(18-26-13-8-15-35-26)19-27-21(2)30-32(23-10-5-4-6-11-23)28(27)36-25-12-7-9-22(29)16-25/h3-7,9-12,16,24,26,33H,1,8,13-15,17-20H2,2H3/t24-,26-/m1/s1. The van der Waals surface area contributed by atoms with Crippen LogP contribution in [0, 0.1) is 12.7 Å². The second-order valence-corrected chi connectivity index (χ2v) is 8.98. The highest BCUT2D eigenvalue weighted by atomic mass is 19.1. The molecule has 4 rings (SSSR count). The third-order valence-corrected chi connectivity index (χ3v) is 6.03. The van der Waals surface area contributed by atoms with E-state index in [-0.39, 0.29) is 18.5 Å². The van der Waals surface area contributed by atoms with Gasteiger partial charge < -0.3 is 19.3 Å². The summed E-state index contributed by atoms with van der Waals surface area (Å²) in [7, 11) is 0. The normalized spacial score (nSPS) is 16.4. The van der Waals surface area contributed by atoms with E-state index < -0.39 is 6.10 Å². The molecule has 1 N–H and O–H groups in total. The van der Waals surface area contributed by atoms with Crippen molar-refractivity contribution >= 4 is 0 Å². The van der Waals surface area contributed by atoms with E-state index >= 15 is 0 Å². The van der Waals surface area contributed by atoms with Gasteiger partial charge in [-0.1, -0.05) is 30.3 Å². The minimum Gasteiger partial charge on any atom is -0.438 e. The van der Waals surface area contributed by atoms with Crippen molar-refractivity contribution < 1.29 is 23.7 Å². The van der Waals surface area contributed by atoms with Crippen molar-refractivity contribution in [3.8, 4) is 17.3 Å². The van der Waals surface area contributed by atoms with Crippen molar-refractivity contribution in [2.24, 2.45) is 0 Å². The monoisotopic (exact) mass is 495 g/mol. The highest BCUT2D eigenvalue weighted by molar-refractivity contribution is 5.43. The van der Waals surface area contributed by atoms with Crippen molar-refractivity contribution in [1.29, 1.82) is 0 Å². The van der Waals surface area contributed by atoms with Crippen LogP contribution in [0.5, 0.6) is 11.6 Å². The van der Waals surface area contributed by atoms with Crippen LogP contribution >= 0.6 is 0 Å². The van der Waals surface area contributed by atoms with Crippen molar-refractivity contribution in [2.75, 3.05) is 32.9 Å². The van der Waals surface area contributed by atoms with Gasteiger partial charge in [-0.3, -0.25) is 4.90 Å². The number of nitrogens with zero attached hydrogens (tertiary/aromatic N) is 3. The molecule has 0 unspecified atom stereocenters. The molecule has 0 bridgehead atoms. The van der Waals surface area contributed by atoms with Crippen molar-refractivity contribution in [2.45, 2.75) is 38.5 Å². The fraction of sp³-hybridized carbons (Fsp3) is 0.393. The average Bonchev–Trinajstić information content (AvgIpc) is 3.48. The van der Waals surface area contributed by atoms with E-state index in [2.05, 4.69) is 11.5 Å². The first-order chi connectivity index (χ1) is 17.5. The van der Waals surface area contributed by atoms with Gasteiger partial charge in [-0.05, 0) is 44.0 Å². The van der Waals surface area contributed by atoms with Gasteiger partial charge in [0, 0.05) is 32.3 Å². The van der Waals surface area contributed by atoms with Crippen LogP contribution in [0.1, 0.15) is 24.1 Å². The second kappa shape index (κ2) is 12.8.